The zero-order chi connectivity index (χ0) is 5.98. The van der Waals surface area contributed by atoms with Gasteiger partial charge < -0.3 is 0 Å². The Bertz CT molecular complexity index is 171. The second-order valence-electron chi connectivity index (χ2n) is 1.37. The summed E-state index contributed by atoms with van der Waals surface area (Å²) in [6.07, 6.45) is 0. The molecular weight excluding hydrogens is 307 g/mol. The van der Waals surface area contributed by atoms with Crippen LogP contribution in [0.1, 0.15) is 0 Å². The van der Waals surface area contributed by atoms with Crippen LogP contribution < -0.4 is 0 Å². The van der Waals surface area contributed by atoms with E-state index in [1.807, 2.05) is 0 Å². The van der Waals surface area contributed by atoms with Crippen LogP contribution in [0.2, 0.25) is 0 Å². The second-order valence-corrected chi connectivity index (χ2v) is 1.37. The van der Waals surface area contributed by atoms with E-state index < -0.39 is 11.6 Å². The van der Waals surface area contributed by atoms with Crippen molar-refractivity contribution in [1.29, 1.82) is 0 Å². The predicted octanol–water partition coefficient (Wildman–Crippen LogP) is 1.76. The van der Waals surface area contributed by atoms with Crippen LogP contribution in [0.3, 0.4) is 0 Å². The summed E-state index contributed by atoms with van der Waals surface area (Å²) in [5.74, 6) is -1.19. The molecule has 0 amide bonds. The van der Waals surface area contributed by atoms with Gasteiger partial charge in [-0.3, -0.25) is 8.78 Å². The van der Waals surface area contributed by atoms with Gasteiger partial charge in [-0.1, -0.05) is 0 Å². The molecular formula is C6H3AuF2. The molecule has 0 radical (unpaired) electrons. The topological polar surface area (TPSA) is 0 Å². The summed E-state index contributed by atoms with van der Waals surface area (Å²) in [5, 5.41) is 0. The first kappa shape index (κ1) is 8.82. The van der Waals surface area contributed by atoms with Crippen LogP contribution in [0.4, 0.5) is 8.78 Å². The summed E-state index contributed by atoms with van der Waals surface area (Å²) in [7, 11) is 0. The van der Waals surface area contributed by atoms with Crippen molar-refractivity contribution in [2.45, 2.75) is 0 Å². The zero-order valence-corrected chi connectivity index (χ0v) is 6.46. The summed E-state index contributed by atoms with van der Waals surface area (Å²) >= 11 is 0. The van der Waals surface area contributed by atoms with Crippen LogP contribution in [0, 0.1) is 17.7 Å². The molecule has 3 heteroatoms. The smallest absolute Gasteiger partial charge is 0.284 e. The maximum absolute atomic E-state index is 11.9. The molecule has 0 heterocycles. The molecule has 0 bridgehead atoms. The molecule has 1 rings (SSSR count). The average Bonchev–Trinajstić information content (AvgIpc) is 1.64. The van der Waals surface area contributed by atoms with Gasteiger partial charge in [0.25, 0.3) is 0 Å². The van der Waals surface area contributed by atoms with Crippen LogP contribution in [-0.4, -0.2) is 0 Å². The molecule has 52 valence electrons. The Morgan fingerprint density at radius 1 is 1.11 bits per heavy atom. The molecule has 0 saturated carbocycles. The van der Waals surface area contributed by atoms with Crippen molar-refractivity contribution in [3.05, 3.63) is 35.9 Å². The Morgan fingerprint density at radius 2 is 1.56 bits per heavy atom. The molecule has 0 aliphatic carbocycles. The van der Waals surface area contributed by atoms with Crippen molar-refractivity contribution in [1.82, 2.24) is 0 Å². The van der Waals surface area contributed by atoms with Crippen molar-refractivity contribution >= 4 is 0 Å². The molecule has 0 aliphatic rings. The molecule has 0 unspecified atom stereocenters. The number of hydrogen-bond donors (Lipinski definition) is 0. The summed E-state index contributed by atoms with van der Waals surface area (Å²) in [6.45, 7) is 0. The first-order chi connectivity index (χ1) is 3.79. The van der Waals surface area contributed by atoms with Gasteiger partial charge in [-0.2, -0.15) is 6.07 Å². The van der Waals surface area contributed by atoms with E-state index in [0.29, 0.717) is 0 Å². The molecule has 0 aliphatic heterocycles. The van der Waals surface area contributed by atoms with E-state index in [1.165, 1.54) is 0 Å². The van der Waals surface area contributed by atoms with Gasteiger partial charge in [-0.15, -0.1) is 18.2 Å². The third-order valence-corrected chi connectivity index (χ3v) is 0.718. The van der Waals surface area contributed by atoms with E-state index >= 15 is 0 Å². The Balaban J connectivity index is 0.000000640. The maximum Gasteiger partial charge on any atom is 1.00 e. The van der Waals surface area contributed by atoms with Gasteiger partial charge in [0.15, 0.2) is 0 Å². The number of rotatable bonds is 0. The van der Waals surface area contributed by atoms with Crippen molar-refractivity contribution < 1.29 is 31.2 Å². The Kier molecular flexibility index (Phi) is 3.70. The first-order valence-electron chi connectivity index (χ1n) is 2.11. The van der Waals surface area contributed by atoms with Crippen LogP contribution >= 0.6 is 0 Å². The quantitative estimate of drug-likeness (QED) is 0.506. The molecule has 1 aromatic rings. The van der Waals surface area contributed by atoms with E-state index in [-0.39, 0.29) is 22.4 Å². The fourth-order valence-corrected chi connectivity index (χ4v) is 0.416. The van der Waals surface area contributed by atoms with E-state index in [4.69, 9.17) is 0 Å². The molecule has 0 nitrogen and oxygen atoms in total. The normalized spacial score (nSPS) is 8.22. The van der Waals surface area contributed by atoms with Crippen LogP contribution in [0.15, 0.2) is 18.2 Å². The summed E-state index contributed by atoms with van der Waals surface area (Å²) < 4.78 is 23.8. The van der Waals surface area contributed by atoms with Crippen molar-refractivity contribution in [2.24, 2.45) is 0 Å². The van der Waals surface area contributed by atoms with E-state index in [1.54, 1.807) is 0 Å². The Hall–Kier alpha value is -0.180. The molecule has 0 fully saturated rings. The van der Waals surface area contributed by atoms with Gasteiger partial charge in [0, 0.05) is 11.6 Å². The van der Waals surface area contributed by atoms with Gasteiger partial charge in [0.05, 0.1) is 0 Å². The van der Waals surface area contributed by atoms with E-state index in [0.717, 1.165) is 18.2 Å². The monoisotopic (exact) mass is 310 g/mol. The standard InChI is InChI=1S/C6H3F2.Au/c7-5-2-1-3-6(8)4-5;/h2-4H;/q-1;+1. The third-order valence-electron chi connectivity index (χ3n) is 0.718. The molecule has 0 N–H and O–H groups in total. The number of benzene rings is 1. The Labute approximate surface area is 67.4 Å². The van der Waals surface area contributed by atoms with Crippen LogP contribution in [0.5, 0.6) is 0 Å². The van der Waals surface area contributed by atoms with Gasteiger partial charge in [0.1, 0.15) is 0 Å². The SMILES string of the molecule is Fc1c[c-]cc(F)c1.[Au+]. The molecule has 1 aromatic carbocycles. The molecule has 9 heavy (non-hydrogen) atoms. The Morgan fingerprint density at radius 3 is 1.78 bits per heavy atom. The molecule has 0 atom stereocenters. The maximum atomic E-state index is 11.9. The van der Waals surface area contributed by atoms with Gasteiger partial charge in [-0.05, 0) is 0 Å². The third kappa shape index (κ3) is 2.75. The number of hydrogen-bond acceptors (Lipinski definition) is 0. The predicted molar refractivity (Wildman–Crippen MR) is 25.2 cm³/mol. The minimum atomic E-state index is -0.593. The van der Waals surface area contributed by atoms with Crippen molar-refractivity contribution in [3.63, 3.8) is 0 Å². The van der Waals surface area contributed by atoms with E-state index in [2.05, 4.69) is 6.07 Å². The van der Waals surface area contributed by atoms with Crippen LogP contribution in [-0.2, 0) is 22.4 Å². The average molecular weight is 310 g/mol. The van der Waals surface area contributed by atoms with Gasteiger partial charge in [0.2, 0.25) is 0 Å². The fraction of sp³-hybridized carbons (Fsp3) is 0. The summed E-state index contributed by atoms with van der Waals surface area (Å²) in [4.78, 5) is 0. The van der Waals surface area contributed by atoms with Gasteiger partial charge in [-0.25, -0.2) is 0 Å². The number of halogens is 2. The molecule has 0 aromatic heterocycles. The van der Waals surface area contributed by atoms with Crippen molar-refractivity contribution in [3.8, 4) is 0 Å². The van der Waals surface area contributed by atoms with Crippen molar-refractivity contribution in [2.75, 3.05) is 0 Å². The van der Waals surface area contributed by atoms with E-state index in [9.17, 15) is 8.78 Å². The summed E-state index contributed by atoms with van der Waals surface area (Å²) in [5.41, 5.74) is 0. The molecule has 0 saturated heterocycles. The zero-order valence-electron chi connectivity index (χ0n) is 4.29. The summed E-state index contributed by atoms with van der Waals surface area (Å²) in [6, 6.07) is 5.23. The molecule has 0 spiro atoms. The minimum Gasteiger partial charge on any atom is -0.284 e. The largest absolute Gasteiger partial charge is 1.00 e. The first-order valence-corrected chi connectivity index (χ1v) is 2.11. The second kappa shape index (κ2) is 3.77. The minimum absolute atomic E-state index is 0. The fourth-order valence-electron chi connectivity index (χ4n) is 0.416. The van der Waals surface area contributed by atoms with Crippen LogP contribution in [0.25, 0.3) is 0 Å². The van der Waals surface area contributed by atoms with Gasteiger partial charge >= 0.3 is 22.4 Å².